The monoisotopic (exact) mass is 362 g/mol. The Hall–Kier alpha value is -3.51. The number of nitrogens with zero attached hydrogens (tertiary/aromatic N) is 5. The highest BCUT2D eigenvalue weighted by Crippen LogP contribution is 2.32. The molecule has 9 heteroatoms. The van der Waals surface area contributed by atoms with Crippen LogP contribution < -0.4 is 15.8 Å². The average Bonchev–Trinajstić information content (AvgIpc) is 3.32. The smallest absolute Gasteiger partial charge is 0.158 e. The van der Waals surface area contributed by atoms with Crippen molar-refractivity contribution in [1.29, 1.82) is 5.26 Å². The van der Waals surface area contributed by atoms with E-state index in [1.165, 1.54) is 12.4 Å². The zero-order valence-corrected chi connectivity index (χ0v) is 14.5. The molecule has 1 saturated carbocycles. The van der Waals surface area contributed by atoms with Gasteiger partial charge in [-0.3, -0.25) is 10.1 Å². The van der Waals surface area contributed by atoms with E-state index < -0.39 is 0 Å². The fraction of sp³-hybridized carbons (Fsp3) is 0.278. The Labute approximate surface area is 155 Å². The summed E-state index contributed by atoms with van der Waals surface area (Å²) in [5.41, 5.74) is 7.83. The number of nitrogens with two attached hydrogens (primary N) is 1. The fourth-order valence-electron chi connectivity index (χ4n) is 3.05. The van der Waals surface area contributed by atoms with E-state index in [1.54, 1.807) is 12.4 Å². The number of anilines is 2. The first-order valence-electron chi connectivity index (χ1n) is 8.62. The molecule has 4 N–H and O–H groups in total. The van der Waals surface area contributed by atoms with Crippen molar-refractivity contribution in [3.8, 4) is 23.1 Å². The number of H-pyrrole nitrogens is 1. The van der Waals surface area contributed by atoms with Crippen LogP contribution in [0.2, 0.25) is 0 Å². The molecule has 0 bridgehead atoms. The van der Waals surface area contributed by atoms with Crippen molar-refractivity contribution >= 4 is 11.6 Å². The van der Waals surface area contributed by atoms with E-state index in [2.05, 4.69) is 30.5 Å². The third-order valence-electron chi connectivity index (χ3n) is 4.39. The largest absolute Gasteiger partial charge is 0.490 e. The zero-order chi connectivity index (χ0) is 18.6. The van der Waals surface area contributed by atoms with Crippen LogP contribution in [-0.2, 0) is 0 Å². The van der Waals surface area contributed by atoms with Crippen molar-refractivity contribution in [3.05, 3.63) is 42.6 Å². The van der Waals surface area contributed by atoms with Crippen LogP contribution in [0.25, 0.3) is 11.3 Å². The lowest BCUT2D eigenvalue weighted by molar-refractivity contribution is 0.209. The number of ether oxygens (including phenoxy) is 1. The topological polar surface area (TPSA) is 138 Å². The first kappa shape index (κ1) is 16.9. The third-order valence-corrected chi connectivity index (χ3v) is 4.39. The molecule has 4 rings (SSSR count). The molecule has 27 heavy (non-hydrogen) atoms. The van der Waals surface area contributed by atoms with Crippen LogP contribution in [0, 0.1) is 11.3 Å². The minimum Gasteiger partial charge on any atom is -0.490 e. The Morgan fingerprint density at radius 2 is 2.15 bits per heavy atom. The standard InChI is InChI=1S/C18H18N8O/c19-7-12-8-23-18(10-22-12)24-17-6-15(25-26-17)14-9-21-4-3-16(14)27-13-2-1-11(20)5-13/h3-4,6,8-11,13H,1-2,5,20H2,(H2,23,24,25,26)/t11-,13+/m0/s1. The van der Waals surface area contributed by atoms with Gasteiger partial charge in [0.25, 0.3) is 0 Å². The van der Waals surface area contributed by atoms with Gasteiger partial charge in [-0.05, 0) is 25.3 Å². The highest BCUT2D eigenvalue weighted by atomic mass is 16.5. The molecule has 136 valence electrons. The van der Waals surface area contributed by atoms with Crippen molar-refractivity contribution in [1.82, 2.24) is 25.1 Å². The van der Waals surface area contributed by atoms with Crippen LogP contribution in [0.4, 0.5) is 11.6 Å². The number of nitrogens with one attached hydrogen (secondary N) is 2. The predicted octanol–water partition coefficient (Wildman–Crippen LogP) is 2.14. The maximum atomic E-state index is 8.78. The molecule has 0 unspecified atom stereocenters. The first-order valence-corrected chi connectivity index (χ1v) is 8.62. The van der Waals surface area contributed by atoms with Gasteiger partial charge in [0.05, 0.1) is 23.7 Å². The van der Waals surface area contributed by atoms with E-state index in [4.69, 9.17) is 15.7 Å². The Bertz CT molecular complexity index is 962. The van der Waals surface area contributed by atoms with Crippen LogP contribution in [0.15, 0.2) is 36.9 Å². The first-order chi connectivity index (χ1) is 13.2. The summed E-state index contributed by atoms with van der Waals surface area (Å²) in [5.74, 6) is 1.81. The van der Waals surface area contributed by atoms with Crippen molar-refractivity contribution in [2.75, 3.05) is 5.32 Å². The quantitative estimate of drug-likeness (QED) is 0.627. The number of aromatic amines is 1. The molecule has 1 aliphatic rings. The molecule has 0 aromatic carbocycles. The molecule has 9 nitrogen and oxygen atoms in total. The Kier molecular flexibility index (Phi) is 4.63. The van der Waals surface area contributed by atoms with E-state index in [1.807, 2.05) is 18.2 Å². The molecule has 0 spiro atoms. The zero-order valence-electron chi connectivity index (χ0n) is 14.5. The van der Waals surface area contributed by atoms with Gasteiger partial charge in [-0.2, -0.15) is 10.4 Å². The summed E-state index contributed by atoms with van der Waals surface area (Å²) in [6.45, 7) is 0. The van der Waals surface area contributed by atoms with Gasteiger partial charge in [0, 0.05) is 24.5 Å². The molecule has 1 aliphatic carbocycles. The van der Waals surface area contributed by atoms with Crippen molar-refractivity contribution in [3.63, 3.8) is 0 Å². The normalized spacial score (nSPS) is 18.8. The number of nitriles is 1. The van der Waals surface area contributed by atoms with Crippen LogP contribution in [0.1, 0.15) is 25.0 Å². The molecule has 3 aromatic heterocycles. The van der Waals surface area contributed by atoms with Gasteiger partial charge < -0.3 is 15.8 Å². The lowest BCUT2D eigenvalue weighted by Gasteiger charge is -2.15. The average molecular weight is 362 g/mol. The minimum absolute atomic E-state index is 0.121. The summed E-state index contributed by atoms with van der Waals surface area (Å²) < 4.78 is 6.14. The lowest BCUT2D eigenvalue weighted by Crippen LogP contribution is -2.19. The summed E-state index contributed by atoms with van der Waals surface area (Å²) >= 11 is 0. The van der Waals surface area contributed by atoms with Gasteiger partial charge in [0.2, 0.25) is 0 Å². The molecule has 2 atom stereocenters. The molecule has 3 heterocycles. The summed E-state index contributed by atoms with van der Waals surface area (Å²) in [4.78, 5) is 12.3. The molecule has 0 saturated heterocycles. The van der Waals surface area contributed by atoms with Crippen LogP contribution in [0.5, 0.6) is 5.75 Å². The van der Waals surface area contributed by atoms with Gasteiger partial charge in [0.15, 0.2) is 11.5 Å². The Morgan fingerprint density at radius 3 is 2.89 bits per heavy atom. The Morgan fingerprint density at radius 1 is 1.22 bits per heavy atom. The second kappa shape index (κ2) is 7.39. The maximum Gasteiger partial charge on any atom is 0.158 e. The lowest BCUT2D eigenvalue weighted by atomic mass is 10.2. The third kappa shape index (κ3) is 3.86. The molecule has 0 radical (unpaired) electrons. The summed E-state index contributed by atoms with van der Waals surface area (Å²) in [5, 5.41) is 19.0. The van der Waals surface area contributed by atoms with Gasteiger partial charge in [0.1, 0.15) is 23.7 Å². The molecule has 1 fully saturated rings. The highest BCUT2D eigenvalue weighted by Gasteiger charge is 2.24. The highest BCUT2D eigenvalue weighted by molar-refractivity contribution is 5.69. The van der Waals surface area contributed by atoms with Gasteiger partial charge in [-0.1, -0.05) is 0 Å². The number of hydrogen-bond acceptors (Lipinski definition) is 8. The Balaban J connectivity index is 1.52. The van der Waals surface area contributed by atoms with Crippen LogP contribution in [-0.4, -0.2) is 37.3 Å². The minimum atomic E-state index is 0.121. The van der Waals surface area contributed by atoms with Crippen molar-refractivity contribution < 1.29 is 4.74 Å². The van der Waals surface area contributed by atoms with E-state index in [9.17, 15) is 0 Å². The van der Waals surface area contributed by atoms with E-state index in [-0.39, 0.29) is 17.8 Å². The SMILES string of the molecule is N#Cc1cnc(Nc2cc(-c3cnccc3O[C@@H]3CC[C@H](N)C3)[nH]n2)cn1. The molecule has 0 amide bonds. The van der Waals surface area contributed by atoms with Crippen molar-refractivity contribution in [2.24, 2.45) is 5.73 Å². The van der Waals surface area contributed by atoms with E-state index >= 15 is 0 Å². The number of pyridine rings is 1. The van der Waals surface area contributed by atoms with Gasteiger partial charge >= 0.3 is 0 Å². The van der Waals surface area contributed by atoms with Crippen LogP contribution >= 0.6 is 0 Å². The molecular weight excluding hydrogens is 344 g/mol. The summed E-state index contributed by atoms with van der Waals surface area (Å²) in [7, 11) is 0. The second-order valence-electron chi connectivity index (χ2n) is 6.38. The second-order valence-corrected chi connectivity index (χ2v) is 6.38. The van der Waals surface area contributed by atoms with Gasteiger partial charge in [-0.25, -0.2) is 9.97 Å². The summed E-state index contributed by atoms with van der Waals surface area (Å²) in [6, 6.07) is 5.82. The van der Waals surface area contributed by atoms with Crippen molar-refractivity contribution in [2.45, 2.75) is 31.4 Å². The molecule has 0 aliphatic heterocycles. The number of rotatable bonds is 5. The van der Waals surface area contributed by atoms with E-state index in [0.717, 1.165) is 36.3 Å². The molecule has 3 aromatic rings. The van der Waals surface area contributed by atoms with Gasteiger partial charge in [-0.15, -0.1) is 0 Å². The fourth-order valence-corrected chi connectivity index (χ4v) is 3.05. The number of hydrogen-bond donors (Lipinski definition) is 3. The maximum absolute atomic E-state index is 8.78. The van der Waals surface area contributed by atoms with Crippen LogP contribution in [0.3, 0.4) is 0 Å². The molecular formula is C18H18N8O. The predicted molar refractivity (Wildman–Crippen MR) is 98.1 cm³/mol. The number of aromatic nitrogens is 5. The van der Waals surface area contributed by atoms with E-state index in [0.29, 0.717) is 11.6 Å². The summed E-state index contributed by atoms with van der Waals surface area (Å²) in [6.07, 6.45) is 9.23.